The zero-order valence-electron chi connectivity index (χ0n) is 10.3. The van der Waals surface area contributed by atoms with Gasteiger partial charge in [0.2, 0.25) is 0 Å². The molecule has 0 saturated heterocycles. The van der Waals surface area contributed by atoms with Gasteiger partial charge in [-0.1, -0.05) is 38.5 Å². The number of hydrogen-bond donors (Lipinski definition) is 0. The van der Waals surface area contributed by atoms with E-state index in [0.717, 1.165) is 51.4 Å². The summed E-state index contributed by atoms with van der Waals surface area (Å²) in [6.07, 6.45) is 11.0. The number of hydrogen-bond acceptors (Lipinski definition) is 3. The summed E-state index contributed by atoms with van der Waals surface area (Å²) in [5, 5.41) is 0. The minimum absolute atomic E-state index is 0.0377. The molecule has 100 valence electrons. The molecule has 3 nitrogen and oxygen atoms in total. The molecule has 2 rings (SSSR count). The first kappa shape index (κ1) is 13.9. The van der Waals surface area contributed by atoms with Gasteiger partial charge in [-0.25, -0.2) is 4.57 Å². The zero-order chi connectivity index (χ0) is 12.1. The molecule has 0 bridgehead atoms. The van der Waals surface area contributed by atoms with Gasteiger partial charge < -0.3 is 0 Å². The maximum absolute atomic E-state index is 12.1. The van der Waals surface area contributed by atoms with Crippen LogP contribution >= 0.6 is 18.2 Å². The van der Waals surface area contributed by atoms with Gasteiger partial charge in [0, 0.05) is 11.2 Å². The van der Waals surface area contributed by atoms with E-state index in [9.17, 15) is 4.57 Å². The number of halogens is 1. The smallest absolute Gasteiger partial charge is 0.294 e. The van der Waals surface area contributed by atoms with Crippen molar-refractivity contribution in [1.29, 1.82) is 0 Å². The van der Waals surface area contributed by atoms with Crippen molar-refractivity contribution in [2.75, 3.05) is 0 Å². The van der Waals surface area contributed by atoms with Crippen LogP contribution in [0.15, 0.2) is 0 Å². The normalized spacial score (nSPS) is 25.0. The lowest BCUT2D eigenvalue weighted by Crippen LogP contribution is -2.18. The van der Waals surface area contributed by atoms with Crippen LogP contribution in [0.25, 0.3) is 0 Å². The molecule has 0 atom stereocenters. The van der Waals surface area contributed by atoms with Crippen LogP contribution in [0.1, 0.15) is 64.2 Å². The molecular weight excluding hydrogens is 259 g/mol. The van der Waals surface area contributed by atoms with E-state index in [1.54, 1.807) is 0 Å². The molecule has 17 heavy (non-hydrogen) atoms. The summed E-state index contributed by atoms with van der Waals surface area (Å²) in [7, 11) is 0. The van der Waals surface area contributed by atoms with E-state index in [1.807, 2.05) is 0 Å². The molecule has 0 aromatic heterocycles. The summed E-state index contributed by atoms with van der Waals surface area (Å²) in [5.74, 6) is 0. The number of rotatable bonds is 4. The molecule has 2 saturated carbocycles. The highest BCUT2D eigenvalue weighted by Crippen LogP contribution is 2.57. The minimum Gasteiger partial charge on any atom is -0.294 e. The Morgan fingerprint density at radius 2 is 1.12 bits per heavy atom. The van der Waals surface area contributed by atoms with Gasteiger partial charge in [0.1, 0.15) is 0 Å². The van der Waals surface area contributed by atoms with Gasteiger partial charge in [-0.05, 0) is 25.7 Å². The molecule has 2 aliphatic rings. The van der Waals surface area contributed by atoms with Crippen LogP contribution in [0, 0.1) is 0 Å². The van der Waals surface area contributed by atoms with E-state index < -0.39 is 6.95 Å². The fourth-order valence-electron chi connectivity index (χ4n) is 2.72. The second kappa shape index (κ2) is 6.56. The second-order valence-electron chi connectivity index (χ2n) is 5.16. The quantitative estimate of drug-likeness (QED) is 0.677. The van der Waals surface area contributed by atoms with Crippen molar-refractivity contribution in [1.82, 2.24) is 0 Å². The molecule has 0 unspecified atom stereocenters. The van der Waals surface area contributed by atoms with Gasteiger partial charge in [-0.15, -0.1) is 0 Å². The molecule has 2 aliphatic carbocycles. The lowest BCUT2D eigenvalue weighted by Gasteiger charge is -2.28. The molecule has 0 spiro atoms. The fraction of sp³-hybridized carbons (Fsp3) is 1.00. The summed E-state index contributed by atoms with van der Waals surface area (Å²) < 4.78 is 23.0. The first-order chi connectivity index (χ1) is 8.16. The highest BCUT2D eigenvalue weighted by molar-refractivity contribution is 7.81. The predicted octanol–water partition coefficient (Wildman–Crippen LogP) is 5.03. The third-order valence-corrected chi connectivity index (χ3v) is 5.23. The lowest BCUT2D eigenvalue weighted by atomic mass is 9.98. The van der Waals surface area contributed by atoms with Gasteiger partial charge >= 0.3 is 6.95 Å². The van der Waals surface area contributed by atoms with Gasteiger partial charge in [0.25, 0.3) is 0 Å². The van der Waals surface area contributed by atoms with Crippen LogP contribution in [-0.4, -0.2) is 12.2 Å². The Morgan fingerprint density at radius 3 is 1.47 bits per heavy atom. The van der Waals surface area contributed by atoms with E-state index in [4.69, 9.17) is 20.3 Å². The molecular formula is C12H22ClO3P. The van der Waals surface area contributed by atoms with Crippen molar-refractivity contribution < 1.29 is 13.6 Å². The van der Waals surface area contributed by atoms with Crippen LogP contribution in [0.4, 0.5) is 0 Å². The van der Waals surface area contributed by atoms with Gasteiger partial charge in [0.15, 0.2) is 0 Å². The highest BCUT2D eigenvalue weighted by atomic mass is 35.7. The molecule has 0 aromatic rings. The predicted molar refractivity (Wildman–Crippen MR) is 69.4 cm³/mol. The summed E-state index contributed by atoms with van der Waals surface area (Å²) in [6, 6.07) is 0. The average molecular weight is 281 g/mol. The Kier molecular flexibility index (Phi) is 5.35. The van der Waals surface area contributed by atoms with Gasteiger partial charge in [-0.3, -0.25) is 9.05 Å². The average Bonchev–Trinajstić information content (AvgIpc) is 2.30. The highest BCUT2D eigenvalue weighted by Gasteiger charge is 2.31. The summed E-state index contributed by atoms with van der Waals surface area (Å²) in [6.45, 7) is -3.36. The van der Waals surface area contributed by atoms with E-state index in [1.165, 1.54) is 12.8 Å². The third-order valence-electron chi connectivity index (χ3n) is 3.65. The zero-order valence-corrected chi connectivity index (χ0v) is 11.9. The van der Waals surface area contributed by atoms with Crippen molar-refractivity contribution >= 4 is 18.2 Å². The van der Waals surface area contributed by atoms with E-state index in [0.29, 0.717) is 0 Å². The van der Waals surface area contributed by atoms with Crippen molar-refractivity contribution in [3.63, 3.8) is 0 Å². The van der Waals surface area contributed by atoms with E-state index in [2.05, 4.69) is 0 Å². The molecule has 0 aliphatic heterocycles. The third kappa shape index (κ3) is 4.90. The molecule has 0 radical (unpaired) electrons. The minimum atomic E-state index is -3.36. The van der Waals surface area contributed by atoms with E-state index >= 15 is 0 Å². The van der Waals surface area contributed by atoms with Crippen molar-refractivity contribution in [3.05, 3.63) is 0 Å². The first-order valence-corrected chi connectivity index (χ1v) is 9.27. The van der Waals surface area contributed by atoms with Gasteiger partial charge in [0.05, 0.1) is 12.2 Å². The largest absolute Gasteiger partial charge is 0.424 e. The van der Waals surface area contributed by atoms with Gasteiger partial charge in [-0.2, -0.15) is 0 Å². The summed E-state index contributed by atoms with van der Waals surface area (Å²) in [4.78, 5) is 0. The molecule has 0 N–H and O–H groups in total. The molecule has 2 fully saturated rings. The molecule has 0 heterocycles. The van der Waals surface area contributed by atoms with E-state index in [-0.39, 0.29) is 12.2 Å². The fourth-order valence-corrected chi connectivity index (χ4v) is 4.58. The summed E-state index contributed by atoms with van der Waals surface area (Å²) >= 11 is 5.91. The van der Waals surface area contributed by atoms with Crippen LogP contribution in [0.3, 0.4) is 0 Å². The molecule has 0 amide bonds. The molecule has 0 aromatic carbocycles. The standard InChI is InChI=1S/C12H22ClO3P/c13-17(14,15-11-7-3-1-4-8-11)16-12-9-5-2-6-10-12/h11-12H,1-10H2. The Labute approximate surface area is 109 Å². The summed E-state index contributed by atoms with van der Waals surface area (Å²) in [5.41, 5.74) is 0. The van der Waals surface area contributed by atoms with Crippen LogP contribution < -0.4 is 0 Å². The Morgan fingerprint density at radius 1 is 0.765 bits per heavy atom. The van der Waals surface area contributed by atoms with Crippen molar-refractivity contribution in [3.8, 4) is 0 Å². The topological polar surface area (TPSA) is 35.5 Å². The lowest BCUT2D eigenvalue weighted by molar-refractivity contribution is 0.0879. The Hall–Kier alpha value is 0.440. The van der Waals surface area contributed by atoms with Crippen molar-refractivity contribution in [2.24, 2.45) is 0 Å². The second-order valence-corrected chi connectivity index (χ2v) is 7.69. The van der Waals surface area contributed by atoms with Crippen LogP contribution in [-0.2, 0) is 13.6 Å². The maximum atomic E-state index is 12.1. The Balaban J connectivity index is 1.78. The molecule has 5 heteroatoms. The monoisotopic (exact) mass is 280 g/mol. The Bertz CT molecular complexity index is 249. The first-order valence-electron chi connectivity index (χ1n) is 6.82. The van der Waals surface area contributed by atoms with Crippen LogP contribution in [0.5, 0.6) is 0 Å². The van der Waals surface area contributed by atoms with Crippen molar-refractivity contribution in [2.45, 2.75) is 76.4 Å². The van der Waals surface area contributed by atoms with Crippen LogP contribution in [0.2, 0.25) is 0 Å². The maximum Gasteiger partial charge on any atom is 0.424 e. The SMILES string of the molecule is O=P(Cl)(OC1CCCCC1)OC1CCCCC1.